The van der Waals surface area contributed by atoms with Crippen molar-refractivity contribution in [2.24, 2.45) is 0 Å². The lowest BCUT2D eigenvalue weighted by atomic mass is 10.1. The second kappa shape index (κ2) is 5.67. The van der Waals surface area contributed by atoms with Crippen LogP contribution in [-0.4, -0.2) is 11.9 Å². The summed E-state index contributed by atoms with van der Waals surface area (Å²) in [4.78, 5) is 22.1. The largest absolute Gasteiger partial charge is 0.426 e. The number of ether oxygens (including phenoxy) is 2. The first kappa shape index (κ1) is 13.3. The van der Waals surface area contributed by atoms with E-state index in [0.29, 0.717) is 11.5 Å². The van der Waals surface area contributed by atoms with Gasteiger partial charge in [0.2, 0.25) is 0 Å². The second-order valence-electron chi connectivity index (χ2n) is 3.73. The average molecular weight is 284 g/mol. The van der Waals surface area contributed by atoms with E-state index in [2.05, 4.69) is 0 Å². The molecule has 0 atom stereocenters. The molecule has 4 nitrogen and oxygen atoms in total. The summed E-state index contributed by atoms with van der Waals surface area (Å²) in [6.45, 7) is 2.74. The molecule has 1 aliphatic heterocycles. The Balaban J connectivity index is 2.41. The van der Waals surface area contributed by atoms with Gasteiger partial charge in [0, 0.05) is 36.5 Å². The van der Waals surface area contributed by atoms with Gasteiger partial charge in [-0.3, -0.25) is 9.59 Å². The summed E-state index contributed by atoms with van der Waals surface area (Å²) in [5.41, 5.74) is 1.88. The Morgan fingerprint density at radius 3 is 1.67 bits per heavy atom. The molecular formula is C12H12O4S2. The summed E-state index contributed by atoms with van der Waals surface area (Å²) in [6.07, 6.45) is 0. The van der Waals surface area contributed by atoms with Crippen LogP contribution in [-0.2, 0) is 21.1 Å². The molecule has 0 saturated heterocycles. The van der Waals surface area contributed by atoms with Gasteiger partial charge in [-0.05, 0) is 12.1 Å². The quantitative estimate of drug-likeness (QED) is 0.473. The maximum Gasteiger partial charge on any atom is 0.308 e. The van der Waals surface area contributed by atoms with Crippen molar-refractivity contribution < 1.29 is 19.1 Å². The first-order chi connectivity index (χ1) is 8.58. The molecule has 0 bridgehead atoms. The smallest absolute Gasteiger partial charge is 0.308 e. The second-order valence-corrected chi connectivity index (χ2v) is 6.19. The molecular weight excluding hydrogens is 272 g/mol. The fourth-order valence-corrected chi connectivity index (χ4v) is 3.91. The molecule has 6 heteroatoms. The van der Waals surface area contributed by atoms with Gasteiger partial charge in [0.15, 0.2) is 0 Å². The lowest BCUT2D eigenvalue weighted by Crippen LogP contribution is -2.10. The van der Waals surface area contributed by atoms with Crippen molar-refractivity contribution in [3.05, 3.63) is 23.3 Å². The Labute approximate surface area is 113 Å². The van der Waals surface area contributed by atoms with Crippen LogP contribution in [0.2, 0.25) is 0 Å². The van der Waals surface area contributed by atoms with Gasteiger partial charge < -0.3 is 9.47 Å². The van der Waals surface area contributed by atoms with Crippen LogP contribution in [0.5, 0.6) is 11.5 Å². The molecule has 0 aliphatic carbocycles. The number of carbonyl (C=O) groups excluding carboxylic acids is 2. The Kier molecular flexibility index (Phi) is 4.19. The minimum Gasteiger partial charge on any atom is -0.426 e. The van der Waals surface area contributed by atoms with E-state index in [0.717, 1.165) is 22.6 Å². The summed E-state index contributed by atoms with van der Waals surface area (Å²) < 4.78 is 10.3. The van der Waals surface area contributed by atoms with Gasteiger partial charge in [0.1, 0.15) is 11.5 Å². The topological polar surface area (TPSA) is 52.6 Å². The molecule has 0 amide bonds. The lowest BCUT2D eigenvalue weighted by Gasteiger charge is -2.20. The van der Waals surface area contributed by atoms with Crippen molar-refractivity contribution in [2.75, 3.05) is 0 Å². The van der Waals surface area contributed by atoms with Crippen molar-refractivity contribution in [2.45, 2.75) is 25.4 Å². The number of carbonyl (C=O) groups is 2. The van der Waals surface area contributed by atoms with E-state index in [1.165, 1.54) is 13.8 Å². The van der Waals surface area contributed by atoms with Crippen LogP contribution >= 0.6 is 21.6 Å². The number of fused-ring (bicyclic) bond motifs is 1. The zero-order valence-electron chi connectivity index (χ0n) is 10.0. The van der Waals surface area contributed by atoms with Crippen LogP contribution in [0.3, 0.4) is 0 Å². The predicted octanol–water partition coefficient (Wildman–Crippen LogP) is 2.93. The van der Waals surface area contributed by atoms with Crippen molar-refractivity contribution in [3.8, 4) is 11.5 Å². The van der Waals surface area contributed by atoms with E-state index >= 15 is 0 Å². The van der Waals surface area contributed by atoms with Crippen LogP contribution < -0.4 is 9.47 Å². The van der Waals surface area contributed by atoms with Gasteiger partial charge >= 0.3 is 11.9 Å². The number of esters is 2. The van der Waals surface area contributed by atoms with E-state index in [9.17, 15) is 9.59 Å². The molecule has 0 unspecified atom stereocenters. The number of benzene rings is 1. The standard InChI is InChI=1S/C12H12O4S2/c1-7(13)15-11-3-4-12(16-8(2)14)10-6-18-17-5-9(10)11/h3-4H,5-6H2,1-2H3. The fourth-order valence-electron chi connectivity index (χ4n) is 1.67. The molecule has 1 aliphatic rings. The Morgan fingerprint density at radius 1 is 0.944 bits per heavy atom. The molecule has 0 aromatic heterocycles. The maximum atomic E-state index is 11.0. The summed E-state index contributed by atoms with van der Waals surface area (Å²) in [5, 5.41) is 0. The molecule has 0 radical (unpaired) electrons. The monoisotopic (exact) mass is 284 g/mol. The van der Waals surface area contributed by atoms with Crippen LogP contribution in [0, 0.1) is 0 Å². The number of hydrogen-bond acceptors (Lipinski definition) is 6. The van der Waals surface area contributed by atoms with Crippen LogP contribution in [0.25, 0.3) is 0 Å². The zero-order chi connectivity index (χ0) is 13.1. The fraction of sp³-hybridized carbons (Fsp3) is 0.333. The summed E-state index contributed by atoms with van der Waals surface area (Å²) in [7, 11) is 3.38. The highest BCUT2D eigenvalue weighted by Gasteiger charge is 2.21. The van der Waals surface area contributed by atoms with E-state index < -0.39 is 0 Å². The highest BCUT2D eigenvalue weighted by atomic mass is 33.1. The summed E-state index contributed by atoms with van der Waals surface area (Å²) in [5.74, 6) is 1.89. The maximum absolute atomic E-state index is 11.0. The molecule has 0 spiro atoms. The molecule has 2 rings (SSSR count). The highest BCUT2D eigenvalue weighted by Crippen LogP contribution is 2.44. The van der Waals surface area contributed by atoms with E-state index in [-0.39, 0.29) is 11.9 Å². The highest BCUT2D eigenvalue weighted by molar-refractivity contribution is 8.76. The Morgan fingerprint density at radius 2 is 1.33 bits per heavy atom. The van der Waals surface area contributed by atoms with Gasteiger partial charge in [-0.15, -0.1) is 0 Å². The van der Waals surface area contributed by atoms with Crippen LogP contribution in [0.1, 0.15) is 25.0 Å². The van der Waals surface area contributed by atoms with Crippen molar-refractivity contribution in [1.82, 2.24) is 0 Å². The van der Waals surface area contributed by atoms with E-state index in [1.807, 2.05) is 0 Å². The van der Waals surface area contributed by atoms with Gasteiger partial charge in [-0.2, -0.15) is 0 Å². The van der Waals surface area contributed by atoms with Crippen molar-refractivity contribution in [3.63, 3.8) is 0 Å². The normalized spacial score (nSPS) is 13.7. The third-order valence-corrected chi connectivity index (χ3v) is 4.53. The van der Waals surface area contributed by atoms with Crippen LogP contribution in [0.4, 0.5) is 0 Å². The Bertz CT molecular complexity index is 454. The molecule has 96 valence electrons. The molecule has 0 N–H and O–H groups in total. The number of hydrogen-bond donors (Lipinski definition) is 0. The SMILES string of the molecule is CC(=O)Oc1ccc(OC(C)=O)c2c1CSSC2. The average Bonchev–Trinajstić information content (AvgIpc) is 2.31. The van der Waals surface area contributed by atoms with Crippen LogP contribution in [0.15, 0.2) is 12.1 Å². The molecule has 18 heavy (non-hydrogen) atoms. The minimum atomic E-state index is -0.347. The molecule has 0 fully saturated rings. The molecule has 1 aromatic rings. The molecule has 1 heterocycles. The lowest BCUT2D eigenvalue weighted by molar-refractivity contribution is -0.133. The van der Waals surface area contributed by atoms with Crippen molar-refractivity contribution in [1.29, 1.82) is 0 Å². The number of rotatable bonds is 2. The van der Waals surface area contributed by atoms with Crippen molar-refractivity contribution >= 4 is 33.5 Å². The first-order valence-electron chi connectivity index (χ1n) is 5.34. The van der Waals surface area contributed by atoms with Gasteiger partial charge in [-0.25, -0.2) is 0 Å². The third-order valence-electron chi connectivity index (χ3n) is 2.34. The summed E-state index contributed by atoms with van der Waals surface area (Å²) >= 11 is 0. The zero-order valence-corrected chi connectivity index (χ0v) is 11.7. The van der Waals surface area contributed by atoms with Gasteiger partial charge in [0.05, 0.1) is 0 Å². The van der Waals surface area contributed by atoms with E-state index in [4.69, 9.17) is 9.47 Å². The molecule has 0 saturated carbocycles. The molecule has 1 aromatic carbocycles. The van der Waals surface area contributed by atoms with Gasteiger partial charge in [-0.1, -0.05) is 21.6 Å². The predicted molar refractivity (Wildman–Crippen MR) is 71.7 cm³/mol. The minimum absolute atomic E-state index is 0.347. The van der Waals surface area contributed by atoms with Gasteiger partial charge in [0.25, 0.3) is 0 Å². The summed E-state index contributed by atoms with van der Waals surface area (Å²) in [6, 6.07) is 3.35. The van der Waals surface area contributed by atoms with E-state index in [1.54, 1.807) is 33.7 Å². The Hall–Kier alpha value is -1.14. The first-order valence-corrected chi connectivity index (χ1v) is 7.82. The third kappa shape index (κ3) is 3.00.